The highest BCUT2D eigenvalue weighted by molar-refractivity contribution is 7.16. The molecule has 0 saturated heterocycles. The van der Waals surface area contributed by atoms with Crippen molar-refractivity contribution >= 4 is 22.6 Å². The fourth-order valence-corrected chi connectivity index (χ4v) is 5.67. The average molecular weight is 484 g/mol. The minimum absolute atomic E-state index is 0.259. The lowest BCUT2D eigenvalue weighted by Gasteiger charge is -2.33. The SMILES string of the molecule is COc1cc(C=Nc2sc3c(c2C#N)CC[C@H](C(C)(C)C)C3)ccc1OCc1ccccc1C#N. The number of hydrogen-bond donors (Lipinski definition) is 0. The molecule has 1 aromatic heterocycles. The van der Waals surface area contributed by atoms with Gasteiger partial charge in [-0.2, -0.15) is 10.5 Å². The summed E-state index contributed by atoms with van der Waals surface area (Å²) in [5.74, 6) is 1.80. The van der Waals surface area contributed by atoms with Crippen LogP contribution in [0.3, 0.4) is 0 Å². The van der Waals surface area contributed by atoms with Gasteiger partial charge in [-0.1, -0.05) is 39.0 Å². The molecule has 4 rings (SSSR count). The Morgan fingerprint density at radius 1 is 1.11 bits per heavy atom. The van der Waals surface area contributed by atoms with Crippen molar-refractivity contribution in [3.63, 3.8) is 0 Å². The second-order valence-corrected chi connectivity index (χ2v) is 10.9. The molecule has 3 aromatic rings. The summed E-state index contributed by atoms with van der Waals surface area (Å²) >= 11 is 1.65. The fraction of sp³-hybridized carbons (Fsp3) is 0.345. The maximum atomic E-state index is 9.82. The average Bonchev–Trinajstić information content (AvgIpc) is 3.22. The molecule has 2 aromatic carbocycles. The second kappa shape index (κ2) is 10.3. The van der Waals surface area contributed by atoms with E-state index in [-0.39, 0.29) is 12.0 Å². The van der Waals surface area contributed by atoms with Crippen molar-refractivity contribution in [1.82, 2.24) is 0 Å². The third-order valence-corrected chi connectivity index (χ3v) is 7.79. The Balaban J connectivity index is 1.53. The highest BCUT2D eigenvalue weighted by Gasteiger charge is 2.32. The Bertz CT molecular complexity index is 1340. The maximum absolute atomic E-state index is 9.82. The largest absolute Gasteiger partial charge is 0.493 e. The van der Waals surface area contributed by atoms with E-state index in [1.165, 1.54) is 10.4 Å². The zero-order chi connectivity index (χ0) is 25.0. The molecule has 0 fully saturated rings. The number of ether oxygens (including phenoxy) is 2. The molecule has 0 aliphatic heterocycles. The van der Waals surface area contributed by atoms with Crippen LogP contribution in [0.4, 0.5) is 5.00 Å². The lowest BCUT2D eigenvalue weighted by atomic mass is 9.72. The predicted octanol–water partition coefficient (Wildman–Crippen LogP) is 6.98. The summed E-state index contributed by atoms with van der Waals surface area (Å²) in [4.78, 5) is 6.00. The summed E-state index contributed by atoms with van der Waals surface area (Å²) in [6.45, 7) is 7.16. The first kappa shape index (κ1) is 24.5. The molecule has 1 atom stereocenters. The van der Waals surface area contributed by atoms with Crippen molar-refractivity contribution in [3.8, 4) is 23.6 Å². The van der Waals surface area contributed by atoms with Gasteiger partial charge in [0, 0.05) is 16.7 Å². The molecule has 178 valence electrons. The lowest BCUT2D eigenvalue weighted by Crippen LogP contribution is -2.26. The molecule has 1 heterocycles. The Morgan fingerprint density at radius 2 is 1.91 bits per heavy atom. The summed E-state index contributed by atoms with van der Waals surface area (Å²) in [6.07, 6.45) is 4.85. The highest BCUT2D eigenvalue weighted by Crippen LogP contribution is 2.45. The van der Waals surface area contributed by atoms with Gasteiger partial charge in [0.25, 0.3) is 0 Å². The van der Waals surface area contributed by atoms with Gasteiger partial charge < -0.3 is 9.47 Å². The number of fused-ring (bicyclic) bond motifs is 1. The summed E-state index contributed by atoms with van der Waals surface area (Å²) < 4.78 is 11.5. The van der Waals surface area contributed by atoms with Crippen molar-refractivity contribution in [1.29, 1.82) is 10.5 Å². The molecule has 0 saturated carbocycles. The number of thiophene rings is 1. The van der Waals surface area contributed by atoms with Gasteiger partial charge in [0.1, 0.15) is 17.7 Å². The van der Waals surface area contributed by atoms with Crippen LogP contribution in [-0.4, -0.2) is 13.3 Å². The van der Waals surface area contributed by atoms with Gasteiger partial charge in [-0.3, -0.25) is 0 Å². The fourth-order valence-electron chi connectivity index (χ4n) is 4.44. The number of aliphatic imine (C=N–C) groups is 1. The zero-order valence-electron chi connectivity index (χ0n) is 20.6. The van der Waals surface area contributed by atoms with Crippen molar-refractivity contribution in [3.05, 3.63) is 75.2 Å². The molecule has 0 spiro atoms. The Morgan fingerprint density at radius 3 is 2.63 bits per heavy atom. The monoisotopic (exact) mass is 483 g/mol. The standard InChI is InChI=1S/C29H29N3O2S/c1-29(2,3)22-10-11-23-24(16-31)28(35-27(23)14-22)32-17-19-9-12-25(26(13-19)33-4)34-18-21-8-6-5-7-20(21)15-30/h5-9,12-13,17,22H,10-11,14,18H2,1-4H3/t22-/m0/s1. The maximum Gasteiger partial charge on any atom is 0.161 e. The third-order valence-electron chi connectivity index (χ3n) is 6.62. The van der Waals surface area contributed by atoms with Crippen LogP contribution < -0.4 is 9.47 Å². The van der Waals surface area contributed by atoms with E-state index in [4.69, 9.17) is 14.5 Å². The Kier molecular flexibility index (Phi) is 7.24. The second-order valence-electron chi connectivity index (χ2n) is 9.83. The molecular formula is C29H29N3O2S. The molecule has 0 amide bonds. The zero-order valence-corrected chi connectivity index (χ0v) is 21.4. The Labute approximate surface area is 211 Å². The van der Waals surface area contributed by atoms with Crippen molar-refractivity contribution in [2.45, 2.75) is 46.6 Å². The molecule has 0 radical (unpaired) electrons. The van der Waals surface area contributed by atoms with E-state index in [0.29, 0.717) is 23.0 Å². The first-order chi connectivity index (χ1) is 16.8. The summed E-state index contributed by atoms with van der Waals surface area (Å²) in [6, 6.07) is 17.6. The molecule has 0 unspecified atom stereocenters. The van der Waals surface area contributed by atoms with Crippen molar-refractivity contribution < 1.29 is 9.47 Å². The molecule has 6 heteroatoms. The lowest BCUT2D eigenvalue weighted by molar-refractivity contribution is 0.218. The molecule has 0 bridgehead atoms. The van der Waals surface area contributed by atoms with Crippen LogP contribution in [0.2, 0.25) is 0 Å². The van der Waals surface area contributed by atoms with Crippen LogP contribution in [0.5, 0.6) is 11.5 Å². The summed E-state index contributed by atoms with van der Waals surface area (Å²) in [7, 11) is 1.60. The van der Waals surface area contributed by atoms with Gasteiger partial charge in [0.15, 0.2) is 11.5 Å². The summed E-state index contributed by atoms with van der Waals surface area (Å²) in [5.41, 5.74) is 4.43. The van der Waals surface area contributed by atoms with E-state index in [1.54, 1.807) is 30.7 Å². The minimum atomic E-state index is 0.259. The van der Waals surface area contributed by atoms with Crippen molar-refractivity contribution in [2.24, 2.45) is 16.3 Å². The third kappa shape index (κ3) is 5.39. The first-order valence-corrected chi connectivity index (χ1v) is 12.5. The van der Waals surface area contributed by atoms with Gasteiger partial charge in [-0.15, -0.1) is 11.3 Å². The van der Waals surface area contributed by atoms with E-state index in [0.717, 1.165) is 41.0 Å². The number of nitriles is 2. The number of nitrogens with zero attached hydrogens (tertiary/aromatic N) is 3. The van der Waals surface area contributed by atoms with E-state index < -0.39 is 0 Å². The van der Waals surface area contributed by atoms with Gasteiger partial charge in [-0.25, -0.2) is 4.99 Å². The van der Waals surface area contributed by atoms with Gasteiger partial charge in [0.2, 0.25) is 0 Å². The van der Waals surface area contributed by atoms with Crippen LogP contribution in [0.1, 0.15) is 59.9 Å². The predicted molar refractivity (Wildman–Crippen MR) is 140 cm³/mol. The first-order valence-electron chi connectivity index (χ1n) is 11.7. The number of benzene rings is 2. The normalized spacial score (nSPS) is 15.3. The Hall–Kier alpha value is -3.61. The quantitative estimate of drug-likeness (QED) is 0.354. The molecule has 5 nitrogen and oxygen atoms in total. The van der Waals surface area contributed by atoms with Crippen molar-refractivity contribution in [2.75, 3.05) is 7.11 Å². The van der Waals surface area contributed by atoms with E-state index in [1.807, 2.05) is 36.4 Å². The number of hydrogen-bond acceptors (Lipinski definition) is 6. The number of methoxy groups -OCH3 is 1. The molecule has 1 aliphatic carbocycles. The van der Waals surface area contributed by atoms with E-state index in [9.17, 15) is 10.5 Å². The van der Waals surface area contributed by atoms with Gasteiger partial charge >= 0.3 is 0 Å². The molecule has 0 N–H and O–H groups in total. The van der Waals surface area contributed by atoms with Crippen LogP contribution in [-0.2, 0) is 19.4 Å². The van der Waals surface area contributed by atoms with E-state index >= 15 is 0 Å². The van der Waals surface area contributed by atoms with Crippen LogP contribution in [0.25, 0.3) is 0 Å². The smallest absolute Gasteiger partial charge is 0.161 e. The molecular weight excluding hydrogens is 454 g/mol. The van der Waals surface area contributed by atoms with Crippen LogP contribution in [0.15, 0.2) is 47.5 Å². The number of rotatable bonds is 6. The topological polar surface area (TPSA) is 78.4 Å². The summed E-state index contributed by atoms with van der Waals surface area (Å²) in [5, 5.41) is 19.9. The van der Waals surface area contributed by atoms with Gasteiger partial charge in [0.05, 0.1) is 24.3 Å². The molecule has 35 heavy (non-hydrogen) atoms. The van der Waals surface area contributed by atoms with Crippen LogP contribution in [0, 0.1) is 34.0 Å². The van der Waals surface area contributed by atoms with Crippen LogP contribution >= 0.6 is 11.3 Å². The van der Waals surface area contributed by atoms with E-state index in [2.05, 4.69) is 32.9 Å². The van der Waals surface area contributed by atoms with Gasteiger partial charge in [-0.05, 0) is 66.0 Å². The highest BCUT2D eigenvalue weighted by atomic mass is 32.1. The molecule has 1 aliphatic rings. The minimum Gasteiger partial charge on any atom is -0.493 e.